The fourth-order valence-corrected chi connectivity index (χ4v) is 4.61. The molecule has 1 saturated heterocycles. The number of nitrogens with zero attached hydrogens (tertiary/aromatic N) is 2. The first-order valence-corrected chi connectivity index (χ1v) is 9.55. The molecule has 0 spiro atoms. The summed E-state index contributed by atoms with van der Waals surface area (Å²) in [7, 11) is 0. The number of aryl methyl sites for hydroxylation is 1. The molecule has 4 heteroatoms. The standard InChI is InChI=1S/C19H26N2OS/c1-14-11-15(2)13-21(12-14)19(22)10-6-5-9-18-20-16-7-3-4-8-17(16)23-18/h3-4,7-8,14-15H,5-6,9-13H2,1-2H3. The molecule has 0 N–H and O–H groups in total. The van der Waals surface area contributed by atoms with Gasteiger partial charge in [-0.1, -0.05) is 26.0 Å². The summed E-state index contributed by atoms with van der Waals surface area (Å²) in [6.07, 6.45) is 4.93. The Morgan fingerprint density at radius 1 is 1.22 bits per heavy atom. The summed E-state index contributed by atoms with van der Waals surface area (Å²) in [4.78, 5) is 19.1. The molecule has 1 fully saturated rings. The van der Waals surface area contributed by atoms with Gasteiger partial charge in [-0.15, -0.1) is 11.3 Å². The van der Waals surface area contributed by atoms with E-state index >= 15 is 0 Å². The largest absolute Gasteiger partial charge is 0.342 e. The van der Waals surface area contributed by atoms with Gasteiger partial charge in [0.1, 0.15) is 0 Å². The third-order valence-electron chi connectivity index (χ3n) is 4.59. The lowest BCUT2D eigenvalue weighted by Gasteiger charge is -2.35. The van der Waals surface area contributed by atoms with E-state index in [1.165, 1.54) is 16.1 Å². The van der Waals surface area contributed by atoms with Gasteiger partial charge in [0.15, 0.2) is 0 Å². The Bertz CT molecular complexity index is 623. The number of hydrogen-bond donors (Lipinski definition) is 0. The zero-order valence-electron chi connectivity index (χ0n) is 14.1. The zero-order chi connectivity index (χ0) is 16.2. The SMILES string of the molecule is CC1CC(C)CN(C(=O)CCCCc2nc3ccccc3s2)C1. The molecule has 2 unspecified atom stereocenters. The molecule has 3 rings (SSSR count). The van der Waals surface area contributed by atoms with Crippen molar-refractivity contribution < 1.29 is 4.79 Å². The number of thiazole rings is 1. The number of piperidine rings is 1. The Morgan fingerprint density at radius 3 is 2.70 bits per heavy atom. The van der Waals surface area contributed by atoms with Crippen LogP contribution in [0.2, 0.25) is 0 Å². The fourth-order valence-electron chi connectivity index (χ4n) is 3.60. The maximum atomic E-state index is 12.4. The van der Waals surface area contributed by atoms with E-state index in [9.17, 15) is 4.79 Å². The molecule has 124 valence electrons. The molecule has 1 aliphatic rings. The molecule has 3 nitrogen and oxygen atoms in total. The minimum absolute atomic E-state index is 0.340. The Kier molecular flexibility index (Phi) is 5.31. The van der Waals surface area contributed by atoms with Crippen LogP contribution in [0.25, 0.3) is 10.2 Å². The predicted octanol–water partition coefficient (Wildman–Crippen LogP) is 4.51. The molecule has 0 saturated carbocycles. The van der Waals surface area contributed by atoms with Crippen LogP contribution in [0.5, 0.6) is 0 Å². The van der Waals surface area contributed by atoms with Gasteiger partial charge in [0.25, 0.3) is 0 Å². The summed E-state index contributed by atoms with van der Waals surface area (Å²) in [6.45, 7) is 6.40. The van der Waals surface area contributed by atoms with Crippen LogP contribution >= 0.6 is 11.3 Å². The van der Waals surface area contributed by atoms with E-state index in [0.717, 1.165) is 37.9 Å². The first-order valence-electron chi connectivity index (χ1n) is 8.74. The topological polar surface area (TPSA) is 33.2 Å². The third-order valence-corrected chi connectivity index (χ3v) is 5.69. The van der Waals surface area contributed by atoms with Gasteiger partial charge < -0.3 is 4.90 Å². The second-order valence-electron chi connectivity index (χ2n) is 7.03. The predicted molar refractivity (Wildman–Crippen MR) is 96.7 cm³/mol. The van der Waals surface area contributed by atoms with Crippen molar-refractivity contribution in [3.8, 4) is 0 Å². The first kappa shape index (κ1) is 16.4. The smallest absolute Gasteiger partial charge is 0.222 e. The van der Waals surface area contributed by atoms with Gasteiger partial charge >= 0.3 is 0 Å². The maximum absolute atomic E-state index is 12.4. The van der Waals surface area contributed by atoms with Gasteiger partial charge in [0.05, 0.1) is 15.2 Å². The van der Waals surface area contributed by atoms with E-state index in [0.29, 0.717) is 24.2 Å². The molecule has 23 heavy (non-hydrogen) atoms. The molecule has 1 aliphatic heterocycles. The lowest BCUT2D eigenvalue weighted by atomic mass is 9.91. The summed E-state index contributed by atoms with van der Waals surface area (Å²) in [5.74, 6) is 1.63. The highest BCUT2D eigenvalue weighted by Crippen LogP contribution is 2.24. The fraction of sp³-hybridized carbons (Fsp3) is 0.579. The highest BCUT2D eigenvalue weighted by molar-refractivity contribution is 7.18. The summed E-state index contributed by atoms with van der Waals surface area (Å²) in [5.41, 5.74) is 1.10. The Hall–Kier alpha value is -1.42. The third kappa shape index (κ3) is 4.31. The number of hydrogen-bond acceptors (Lipinski definition) is 3. The highest BCUT2D eigenvalue weighted by atomic mass is 32.1. The van der Waals surface area contributed by atoms with Crippen molar-refractivity contribution in [2.45, 2.75) is 46.0 Å². The van der Waals surface area contributed by atoms with Crippen molar-refractivity contribution in [3.63, 3.8) is 0 Å². The summed E-state index contributed by atoms with van der Waals surface area (Å²) < 4.78 is 1.26. The van der Waals surface area contributed by atoms with Crippen LogP contribution < -0.4 is 0 Å². The van der Waals surface area contributed by atoms with Gasteiger partial charge in [-0.05, 0) is 49.7 Å². The number of para-hydroxylation sites is 1. The van der Waals surface area contributed by atoms with Gasteiger partial charge in [-0.2, -0.15) is 0 Å². The van der Waals surface area contributed by atoms with E-state index in [4.69, 9.17) is 0 Å². The van der Waals surface area contributed by atoms with Gasteiger partial charge in [0, 0.05) is 19.5 Å². The van der Waals surface area contributed by atoms with Crippen molar-refractivity contribution in [1.29, 1.82) is 0 Å². The van der Waals surface area contributed by atoms with Gasteiger partial charge in [-0.3, -0.25) is 4.79 Å². The van der Waals surface area contributed by atoms with E-state index in [1.807, 2.05) is 6.07 Å². The van der Waals surface area contributed by atoms with Crippen molar-refractivity contribution in [2.24, 2.45) is 11.8 Å². The van der Waals surface area contributed by atoms with Crippen LogP contribution in [0.15, 0.2) is 24.3 Å². The number of likely N-dealkylation sites (tertiary alicyclic amines) is 1. The van der Waals surface area contributed by atoms with E-state index in [-0.39, 0.29) is 0 Å². The number of aromatic nitrogens is 1. The van der Waals surface area contributed by atoms with Gasteiger partial charge in [-0.25, -0.2) is 4.98 Å². The molecule has 1 amide bonds. The summed E-state index contributed by atoms with van der Waals surface area (Å²) in [6, 6.07) is 8.28. The number of amides is 1. The van der Waals surface area contributed by atoms with Crippen LogP contribution in [0.3, 0.4) is 0 Å². The zero-order valence-corrected chi connectivity index (χ0v) is 14.9. The van der Waals surface area contributed by atoms with E-state index in [1.54, 1.807) is 11.3 Å². The van der Waals surface area contributed by atoms with Crippen LogP contribution in [-0.4, -0.2) is 28.9 Å². The van der Waals surface area contributed by atoms with Crippen LogP contribution in [0, 0.1) is 11.8 Å². The first-order chi connectivity index (χ1) is 11.1. The van der Waals surface area contributed by atoms with Crippen molar-refractivity contribution in [2.75, 3.05) is 13.1 Å². The van der Waals surface area contributed by atoms with Crippen molar-refractivity contribution >= 4 is 27.5 Å². The Labute approximate surface area is 142 Å². The molecule has 2 atom stereocenters. The van der Waals surface area contributed by atoms with E-state index < -0.39 is 0 Å². The number of carbonyl (C=O) groups excluding carboxylic acids is 1. The average Bonchev–Trinajstić information content (AvgIpc) is 2.93. The summed E-state index contributed by atoms with van der Waals surface area (Å²) in [5, 5.41) is 1.19. The average molecular weight is 330 g/mol. The number of carbonyl (C=O) groups is 1. The lowest BCUT2D eigenvalue weighted by molar-refractivity contribution is -0.134. The molecular formula is C19H26N2OS. The quantitative estimate of drug-likeness (QED) is 0.756. The van der Waals surface area contributed by atoms with Crippen LogP contribution in [0.4, 0.5) is 0 Å². The molecule has 1 aromatic carbocycles. The molecule has 0 bridgehead atoms. The number of benzene rings is 1. The van der Waals surface area contributed by atoms with Crippen molar-refractivity contribution in [3.05, 3.63) is 29.3 Å². The number of unbranched alkanes of at least 4 members (excludes halogenated alkanes) is 1. The number of rotatable bonds is 5. The summed E-state index contributed by atoms with van der Waals surface area (Å²) >= 11 is 1.78. The van der Waals surface area contributed by atoms with Crippen LogP contribution in [0.1, 0.15) is 44.5 Å². The maximum Gasteiger partial charge on any atom is 0.222 e. The highest BCUT2D eigenvalue weighted by Gasteiger charge is 2.24. The molecule has 0 aliphatic carbocycles. The minimum Gasteiger partial charge on any atom is -0.342 e. The molecular weight excluding hydrogens is 304 g/mol. The minimum atomic E-state index is 0.340. The normalized spacial score (nSPS) is 21.7. The molecule has 1 aromatic heterocycles. The number of fused-ring (bicyclic) bond motifs is 1. The second-order valence-corrected chi connectivity index (χ2v) is 8.14. The van der Waals surface area contributed by atoms with Crippen molar-refractivity contribution in [1.82, 2.24) is 9.88 Å². The van der Waals surface area contributed by atoms with Gasteiger partial charge in [0.2, 0.25) is 5.91 Å². The molecule has 2 heterocycles. The van der Waals surface area contributed by atoms with Crippen LogP contribution in [-0.2, 0) is 11.2 Å². The second kappa shape index (κ2) is 7.43. The van der Waals surface area contributed by atoms with E-state index in [2.05, 4.69) is 41.9 Å². The Morgan fingerprint density at radius 2 is 1.96 bits per heavy atom. The molecule has 0 radical (unpaired) electrons. The monoisotopic (exact) mass is 330 g/mol. The Balaban J connectivity index is 1.43. The lowest BCUT2D eigenvalue weighted by Crippen LogP contribution is -2.42. The molecule has 2 aromatic rings.